The van der Waals surface area contributed by atoms with Gasteiger partial charge in [-0.15, -0.1) is 0 Å². The molecule has 1 N–H and O–H groups in total. The molecule has 1 amide bonds. The van der Waals surface area contributed by atoms with E-state index in [1.165, 1.54) is 23.5 Å². The number of sulfonamides is 1. The molecule has 0 fully saturated rings. The summed E-state index contributed by atoms with van der Waals surface area (Å²) in [6.45, 7) is 6.20. The third-order valence-electron chi connectivity index (χ3n) is 4.70. The van der Waals surface area contributed by atoms with Crippen LogP contribution in [0.5, 0.6) is 0 Å². The minimum Gasteiger partial charge on any atom is -0.310 e. The van der Waals surface area contributed by atoms with Crippen LogP contribution in [0.25, 0.3) is 11.0 Å². The van der Waals surface area contributed by atoms with E-state index >= 15 is 0 Å². The maximum Gasteiger partial charge on any atom is 0.258 e. The normalized spacial score (nSPS) is 12.1. The molecule has 0 spiro atoms. The predicted molar refractivity (Wildman–Crippen MR) is 110 cm³/mol. The predicted octanol–water partition coefficient (Wildman–Crippen LogP) is 3.34. The van der Waals surface area contributed by atoms with Crippen molar-refractivity contribution in [3.8, 4) is 0 Å². The van der Waals surface area contributed by atoms with Gasteiger partial charge in [-0.1, -0.05) is 18.2 Å². The molecule has 28 heavy (non-hydrogen) atoms. The molecule has 0 saturated carbocycles. The average Bonchev–Trinajstić information content (AvgIpc) is 3.04. The van der Waals surface area contributed by atoms with Crippen molar-refractivity contribution in [2.75, 3.05) is 12.4 Å². The summed E-state index contributed by atoms with van der Waals surface area (Å²) in [4.78, 5) is 17.3. The number of imidazole rings is 1. The third-order valence-corrected chi connectivity index (χ3v) is 6.73. The summed E-state index contributed by atoms with van der Waals surface area (Å²) < 4.78 is 28.6. The molecule has 0 aliphatic rings. The van der Waals surface area contributed by atoms with Crippen LogP contribution in [0, 0.1) is 0 Å². The van der Waals surface area contributed by atoms with Crippen molar-refractivity contribution in [3.05, 3.63) is 54.1 Å². The Morgan fingerprint density at radius 2 is 1.89 bits per heavy atom. The molecule has 148 valence electrons. The van der Waals surface area contributed by atoms with E-state index in [2.05, 4.69) is 10.3 Å². The van der Waals surface area contributed by atoms with Gasteiger partial charge < -0.3 is 4.57 Å². The van der Waals surface area contributed by atoms with Crippen LogP contribution in [0.2, 0.25) is 0 Å². The Morgan fingerprint density at radius 3 is 2.57 bits per heavy atom. The van der Waals surface area contributed by atoms with E-state index in [9.17, 15) is 13.2 Å². The monoisotopic (exact) mass is 400 g/mol. The van der Waals surface area contributed by atoms with E-state index in [0.717, 1.165) is 11.0 Å². The standard InChI is InChI=1S/C20H24N4O3S/c1-5-24-18-12-7-6-11-17(18)21-20(24)22-19(25)15-9-8-10-16(13-15)28(26,27)23(4)14(2)3/h6-14H,5H2,1-4H3,(H,21,22,25). The van der Waals surface area contributed by atoms with Crippen molar-refractivity contribution in [2.24, 2.45) is 0 Å². The number of hydrogen-bond donors (Lipinski definition) is 1. The maximum atomic E-state index is 12.8. The molecule has 8 heteroatoms. The topological polar surface area (TPSA) is 84.3 Å². The fourth-order valence-corrected chi connectivity index (χ4v) is 4.32. The molecule has 0 saturated heterocycles. The molecule has 0 unspecified atom stereocenters. The number of aryl methyl sites for hydroxylation is 1. The van der Waals surface area contributed by atoms with Gasteiger partial charge in [0.05, 0.1) is 15.9 Å². The number of para-hydroxylation sites is 2. The number of rotatable bonds is 6. The number of carbonyl (C=O) groups excluding carboxylic acids is 1. The fourth-order valence-electron chi connectivity index (χ4n) is 2.91. The summed E-state index contributed by atoms with van der Waals surface area (Å²) in [5.41, 5.74) is 1.97. The maximum absolute atomic E-state index is 12.8. The van der Waals surface area contributed by atoms with Crippen molar-refractivity contribution in [3.63, 3.8) is 0 Å². The van der Waals surface area contributed by atoms with Gasteiger partial charge in [0.25, 0.3) is 5.91 Å². The fraction of sp³-hybridized carbons (Fsp3) is 0.300. The summed E-state index contributed by atoms with van der Waals surface area (Å²) in [5, 5.41) is 2.80. The number of anilines is 1. The van der Waals surface area contributed by atoms with Gasteiger partial charge >= 0.3 is 0 Å². The zero-order valence-corrected chi connectivity index (χ0v) is 17.2. The van der Waals surface area contributed by atoms with Crippen LogP contribution in [-0.4, -0.2) is 41.3 Å². The van der Waals surface area contributed by atoms with Crippen molar-refractivity contribution >= 4 is 32.9 Å². The number of amides is 1. The number of hydrogen-bond acceptors (Lipinski definition) is 4. The molecule has 1 aromatic heterocycles. The number of aromatic nitrogens is 2. The Labute approximate surface area is 165 Å². The zero-order chi connectivity index (χ0) is 20.5. The number of nitrogens with zero attached hydrogens (tertiary/aromatic N) is 3. The Kier molecular flexibility index (Phi) is 5.53. The number of benzene rings is 2. The first kappa shape index (κ1) is 20.0. The van der Waals surface area contributed by atoms with Gasteiger partial charge in [0.15, 0.2) is 0 Å². The van der Waals surface area contributed by atoms with Gasteiger partial charge in [-0.3, -0.25) is 10.1 Å². The lowest BCUT2D eigenvalue weighted by molar-refractivity contribution is 0.102. The highest BCUT2D eigenvalue weighted by Gasteiger charge is 2.24. The lowest BCUT2D eigenvalue weighted by Gasteiger charge is -2.21. The quantitative estimate of drug-likeness (QED) is 0.688. The SMILES string of the molecule is CCn1c(NC(=O)c2cccc(S(=O)(=O)N(C)C(C)C)c2)nc2ccccc21. The lowest BCUT2D eigenvalue weighted by Crippen LogP contribution is -2.33. The molecule has 3 rings (SSSR count). The van der Waals surface area contributed by atoms with Crippen LogP contribution in [0.4, 0.5) is 5.95 Å². The van der Waals surface area contributed by atoms with Crippen molar-refractivity contribution in [1.82, 2.24) is 13.9 Å². The third kappa shape index (κ3) is 3.65. The Morgan fingerprint density at radius 1 is 1.18 bits per heavy atom. The summed E-state index contributed by atoms with van der Waals surface area (Å²) in [6, 6.07) is 13.5. The molecule has 0 aliphatic carbocycles. The molecule has 7 nitrogen and oxygen atoms in total. The zero-order valence-electron chi connectivity index (χ0n) is 16.4. The van der Waals surface area contributed by atoms with Gasteiger partial charge in [-0.05, 0) is 51.1 Å². The molecule has 1 heterocycles. The van der Waals surface area contributed by atoms with E-state index in [4.69, 9.17) is 0 Å². The Bertz CT molecular complexity index is 1120. The van der Waals surface area contributed by atoms with E-state index in [-0.39, 0.29) is 16.5 Å². The number of fused-ring (bicyclic) bond motifs is 1. The Balaban J connectivity index is 1.93. The largest absolute Gasteiger partial charge is 0.310 e. The summed E-state index contributed by atoms with van der Waals surface area (Å²) in [6.07, 6.45) is 0. The second-order valence-electron chi connectivity index (χ2n) is 6.77. The average molecular weight is 401 g/mol. The molecule has 3 aromatic rings. The summed E-state index contributed by atoms with van der Waals surface area (Å²) >= 11 is 0. The summed E-state index contributed by atoms with van der Waals surface area (Å²) in [7, 11) is -2.14. The van der Waals surface area contributed by atoms with E-state index < -0.39 is 15.9 Å². The van der Waals surface area contributed by atoms with Crippen LogP contribution in [0.3, 0.4) is 0 Å². The van der Waals surface area contributed by atoms with Gasteiger partial charge in [-0.25, -0.2) is 13.4 Å². The minimum absolute atomic E-state index is 0.0837. The molecule has 2 aromatic carbocycles. The molecular weight excluding hydrogens is 376 g/mol. The number of nitrogens with one attached hydrogen (secondary N) is 1. The van der Waals surface area contributed by atoms with Crippen molar-refractivity contribution in [2.45, 2.75) is 38.3 Å². The lowest BCUT2D eigenvalue weighted by atomic mass is 10.2. The molecule has 0 bridgehead atoms. The highest BCUT2D eigenvalue weighted by atomic mass is 32.2. The van der Waals surface area contributed by atoms with Gasteiger partial charge in [0.2, 0.25) is 16.0 Å². The first-order valence-corrected chi connectivity index (χ1v) is 10.5. The molecular formula is C20H24N4O3S. The highest BCUT2D eigenvalue weighted by Crippen LogP contribution is 2.21. The van der Waals surface area contributed by atoms with Gasteiger partial charge in [0, 0.05) is 25.2 Å². The van der Waals surface area contributed by atoms with Gasteiger partial charge in [-0.2, -0.15) is 4.31 Å². The van der Waals surface area contributed by atoms with E-state index in [0.29, 0.717) is 12.5 Å². The summed E-state index contributed by atoms with van der Waals surface area (Å²) in [5.74, 6) is 0.0236. The first-order chi connectivity index (χ1) is 13.3. The second-order valence-corrected chi connectivity index (χ2v) is 8.76. The molecule has 0 atom stereocenters. The highest BCUT2D eigenvalue weighted by molar-refractivity contribution is 7.89. The first-order valence-electron chi connectivity index (χ1n) is 9.10. The van der Waals surface area contributed by atoms with Crippen molar-refractivity contribution in [1.29, 1.82) is 0 Å². The Hall–Kier alpha value is -2.71. The smallest absolute Gasteiger partial charge is 0.258 e. The van der Waals surface area contributed by atoms with E-state index in [1.54, 1.807) is 26.0 Å². The van der Waals surface area contributed by atoms with Gasteiger partial charge in [0.1, 0.15) is 0 Å². The van der Waals surface area contributed by atoms with Crippen LogP contribution in [0.1, 0.15) is 31.1 Å². The van der Waals surface area contributed by atoms with Crippen LogP contribution in [0.15, 0.2) is 53.4 Å². The van der Waals surface area contributed by atoms with Crippen LogP contribution < -0.4 is 5.32 Å². The second kappa shape index (κ2) is 7.73. The number of carbonyl (C=O) groups is 1. The van der Waals surface area contributed by atoms with Crippen LogP contribution in [-0.2, 0) is 16.6 Å². The minimum atomic E-state index is -3.67. The molecule has 0 radical (unpaired) electrons. The van der Waals surface area contributed by atoms with Crippen LogP contribution >= 0.6 is 0 Å². The van der Waals surface area contributed by atoms with Crippen molar-refractivity contribution < 1.29 is 13.2 Å². The van der Waals surface area contributed by atoms with E-state index in [1.807, 2.05) is 35.8 Å². The molecule has 0 aliphatic heterocycles.